The lowest BCUT2D eigenvalue weighted by molar-refractivity contribution is -0.141. The molecule has 20 heavy (non-hydrogen) atoms. The van der Waals surface area contributed by atoms with E-state index >= 15 is 0 Å². The van der Waals surface area contributed by atoms with Crippen LogP contribution >= 0.6 is 0 Å². The first-order valence-electron chi connectivity index (χ1n) is 7.91. The van der Waals surface area contributed by atoms with Crippen LogP contribution in [0.4, 0.5) is 0 Å². The fraction of sp³-hybridized carbons (Fsp3) is 0.867. The van der Waals surface area contributed by atoms with Gasteiger partial charge in [-0.15, -0.1) is 0 Å². The lowest BCUT2D eigenvalue weighted by Gasteiger charge is -2.40. The lowest BCUT2D eigenvalue weighted by atomic mass is 9.93. The molecule has 0 atom stereocenters. The summed E-state index contributed by atoms with van der Waals surface area (Å²) >= 11 is 0. The fourth-order valence-corrected chi connectivity index (χ4v) is 3.95. The molecule has 0 aromatic heterocycles. The molecule has 3 aliphatic rings. The summed E-state index contributed by atoms with van der Waals surface area (Å²) in [7, 11) is 2.13. The summed E-state index contributed by atoms with van der Waals surface area (Å²) in [4.78, 5) is 29.3. The van der Waals surface area contributed by atoms with Gasteiger partial charge in [0.2, 0.25) is 11.8 Å². The minimum Gasteiger partial charge on any atom is -0.342 e. The van der Waals surface area contributed by atoms with Crippen molar-refractivity contribution in [3.8, 4) is 0 Å². The van der Waals surface area contributed by atoms with Crippen molar-refractivity contribution in [1.29, 1.82) is 0 Å². The van der Waals surface area contributed by atoms with E-state index in [4.69, 9.17) is 0 Å². The van der Waals surface area contributed by atoms with E-state index < -0.39 is 5.54 Å². The molecule has 0 aromatic rings. The summed E-state index contributed by atoms with van der Waals surface area (Å²) in [5, 5.41) is 3.04. The van der Waals surface area contributed by atoms with Crippen LogP contribution in [0.5, 0.6) is 0 Å². The van der Waals surface area contributed by atoms with Gasteiger partial charge in [-0.1, -0.05) is 12.8 Å². The van der Waals surface area contributed by atoms with E-state index in [2.05, 4.69) is 17.3 Å². The second kappa shape index (κ2) is 5.35. The Morgan fingerprint density at radius 1 is 1.10 bits per heavy atom. The molecule has 2 saturated heterocycles. The maximum absolute atomic E-state index is 13.0. The Morgan fingerprint density at radius 2 is 1.75 bits per heavy atom. The number of likely N-dealkylation sites (tertiary alicyclic amines) is 1. The van der Waals surface area contributed by atoms with Gasteiger partial charge in [-0.3, -0.25) is 9.59 Å². The Hall–Kier alpha value is -1.10. The van der Waals surface area contributed by atoms with Crippen molar-refractivity contribution in [3.63, 3.8) is 0 Å². The molecular weight excluding hydrogens is 254 g/mol. The monoisotopic (exact) mass is 279 g/mol. The Balaban J connectivity index is 1.79. The molecule has 1 aliphatic carbocycles. The summed E-state index contributed by atoms with van der Waals surface area (Å²) in [6.45, 7) is 2.69. The zero-order valence-corrected chi connectivity index (χ0v) is 12.4. The second-order valence-corrected chi connectivity index (χ2v) is 6.62. The van der Waals surface area contributed by atoms with Crippen LogP contribution in [0.25, 0.3) is 0 Å². The normalized spacial score (nSPS) is 28.8. The van der Waals surface area contributed by atoms with Crippen LogP contribution in [-0.2, 0) is 9.59 Å². The molecule has 1 saturated carbocycles. The van der Waals surface area contributed by atoms with E-state index in [1.165, 1.54) is 0 Å². The first-order valence-corrected chi connectivity index (χ1v) is 7.91. The molecule has 112 valence electrons. The molecule has 3 rings (SSSR count). The first-order chi connectivity index (χ1) is 9.61. The molecule has 0 radical (unpaired) electrons. The predicted molar refractivity (Wildman–Crippen MR) is 76.2 cm³/mol. The molecular formula is C15H25N3O2. The third-order valence-electron chi connectivity index (χ3n) is 5.21. The summed E-state index contributed by atoms with van der Waals surface area (Å²) in [5.41, 5.74) is -0.572. The van der Waals surface area contributed by atoms with Gasteiger partial charge in [-0.25, -0.2) is 0 Å². The van der Waals surface area contributed by atoms with Crippen molar-refractivity contribution < 1.29 is 9.59 Å². The zero-order chi connectivity index (χ0) is 14.2. The van der Waals surface area contributed by atoms with Crippen LogP contribution in [0.3, 0.4) is 0 Å². The van der Waals surface area contributed by atoms with Gasteiger partial charge >= 0.3 is 0 Å². The average molecular weight is 279 g/mol. The highest BCUT2D eigenvalue weighted by Crippen LogP contribution is 2.34. The minimum absolute atomic E-state index is 0.0516. The third-order valence-corrected chi connectivity index (χ3v) is 5.21. The van der Waals surface area contributed by atoms with Crippen LogP contribution in [0.2, 0.25) is 0 Å². The van der Waals surface area contributed by atoms with E-state index in [9.17, 15) is 9.59 Å². The number of hydrogen-bond acceptors (Lipinski definition) is 3. The summed E-state index contributed by atoms with van der Waals surface area (Å²) < 4.78 is 0. The van der Waals surface area contributed by atoms with E-state index in [1.807, 2.05) is 4.90 Å². The van der Waals surface area contributed by atoms with E-state index in [0.29, 0.717) is 19.0 Å². The van der Waals surface area contributed by atoms with Gasteiger partial charge in [-0.05, 0) is 45.8 Å². The highest BCUT2D eigenvalue weighted by molar-refractivity contribution is 5.94. The Bertz CT molecular complexity index is 396. The number of carbonyl (C=O) groups excluding carboxylic acids is 2. The maximum Gasteiger partial charge on any atom is 0.248 e. The molecule has 2 amide bonds. The average Bonchev–Trinajstić information content (AvgIpc) is 2.85. The van der Waals surface area contributed by atoms with E-state index in [0.717, 1.165) is 51.6 Å². The molecule has 5 heteroatoms. The number of carbonyl (C=O) groups is 2. The van der Waals surface area contributed by atoms with Crippen LogP contribution < -0.4 is 5.32 Å². The fourth-order valence-electron chi connectivity index (χ4n) is 3.95. The topological polar surface area (TPSA) is 52.6 Å². The van der Waals surface area contributed by atoms with E-state index in [-0.39, 0.29) is 11.8 Å². The van der Waals surface area contributed by atoms with Crippen molar-refractivity contribution in [2.75, 3.05) is 26.7 Å². The number of piperidine rings is 1. The number of nitrogens with one attached hydrogen (secondary N) is 1. The van der Waals surface area contributed by atoms with Crippen LogP contribution in [0.1, 0.15) is 44.9 Å². The number of nitrogens with zero attached hydrogens (tertiary/aromatic N) is 2. The molecule has 2 aliphatic heterocycles. The SMILES string of the molecule is CN1CCC(N2CCC(=O)NC3(CCCC3)C2=O)CC1. The van der Waals surface area contributed by atoms with Crippen LogP contribution in [0.15, 0.2) is 0 Å². The van der Waals surface area contributed by atoms with Gasteiger partial charge in [0, 0.05) is 19.0 Å². The van der Waals surface area contributed by atoms with Gasteiger partial charge in [0.15, 0.2) is 0 Å². The number of amides is 2. The molecule has 2 heterocycles. The van der Waals surface area contributed by atoms with Crippen molar-refractivity contribution in [3.05, 3.63) is 0 Å². The zero-order valence-electron chi connectivity index (χ0n) is 12.4. The quantitative estimate of drug-likeness (QED) is 0.770. The maximum atomic E-state index is 13.0. The molecule has 3 fully saturated rings. The number of hydrogen-bond donors (Lipinski definition) is 1. The molecule has 0 bridgehead atoms. The van der Waals surface area contributed by atoms with Gasteiger partial charge in [0.1, 0.15) is 5.54 Å². The summed E-state index contributed by atoms with van der Waals surface area (Å²) in [6.07, 6.45) is 6.26. The Morgan fingerprint density at radius 3 is 2.40 bits per heavy atom. The second-order valence-electron chi connectivity index (χ2n) is 6.62. The standard InChI is InChI=1S/C15H25N3O2/c1-17-9-4-12(5-10-17)18-11-6-13(19)16-15(14(18)20)7-2-3-8-15/h12H,2-11H2,1H3,(H,16,19). The minimum atomic E-state index is -0.572. The van der Waals surface area contributed by atoms with Gasteiger partial charge in [-0.2, -0.15) is 0 Å². The third kappa shape index (κ3) is 2.43. The molecule has 1 spiro atoms. The predicted octanol–water partition coefficient (Wildman–Crippen LogP) is 0.742. The van der Waals surface area contributed by atoms with Crippen molar-refractivity contribution in [2.24, 2.45) is 0 Å². The molecule has 0 aromatic carbocycles. The smallest absolute Gasteiger partial charge is 0.248 e. The Kier molecular flexibility index (Phi) is 3.71. The lowest BCUT2D eigenvalue weighted by Crippen LogP contribution is -2.58. The van der Waals surface area contributed by atoms with Crippen molar-refractivity contribution in [2.45, 2.75) is 56.5 Å². The van der Waals surface area contributed by atoms with Gasteiger partial charge in [0.05, 0.1) is 0 Å². The molecule has 5 nitrogen and oxygen atoms in total. The summed E-state index contributed by atoms with van der Waals surface area (Å²) in [5.74, 6) is 0.242. The largest absolute Gasteiger partial charge is 0.342 e. The highest BCUT2D eigenvalue weighted by atomic mass is 16.2. The van der Waals surface area contributed by atoms with E-state index in [1.54, 1.807) is 0 Å². The summed E-state index contributed by atoms with van der Waals surface area (Å²) in [6, 6.07) is 0.323. The molecule has 0 unspecified atom stereocenters. The van der Waals surface area contributed by atoms with Crippen molar-refractivity contribution in [1.82, 2.24) is 15.1 Å². The van der Waals surface area contributed by atoms with Crippen molar-refractivity contribution >= 4 is 11.8 Å². The van der Waals surface area contributed by atoms with Gasteiger partial charge in [0.25, 0.3) is 0 Å². The van der Waals surface area contributed by atoms with Crippen LogP contribution in [-0.4, -0.2) is 59.9 Å². The highest BCUT2D eigenvalue weighted by Gasteiger charge is 2.47. The van der Waals surface area contributed by atoms with Gasteiger partial charge < -0.3 is 15.1 Å². The number of rotatable bonds is 1. The first kappa shape index (κ1) is 13.9. The molecule has 1 N–H and O–H groups in total. The Labute approximate surface area is 120 Å². The van der Waals surface area contributed by atoms with Crippen LogP contribution in [0, 0.1) is 0 Å².